The molecule has 13 aromatic rings. The molecule has 9 aromatic carbocycles. The van der Waals surface area contributed by atoms with E-state index >= 15 is 0 Å². The molecule has 0 fully saturated rings. The summed E-state index contributed by atoms with van der Waals surface area (Å²) in [5.41, 5.74) is 11.4. The first-order valence-electron chi connectivity index (χ1n) is 21.0. The van der Waals surface area contributed by atoms with Crippen molar-refractivity contribution in [3.8, 4) is 67.5 Å². The van der Waals surface area contributed by atoms with Gasteiger partial charge in [0.05, 0.1) is 0 Å². The van der Waals surface area contributed by atoms with Gasteiger partial charge in [0.1, 0.15) is 11.2 Å². The third-order valence-corrected chi connectivity index (χ3v) is 14.4. The van der Waals surface area contributed by atoms with Crippen LogP contribution in [0.15, 0.2) is 205 Å². The van der Waals surface area contributed by atoms with Crippen molar-refractivity contribution in [3.05, 3.63) is 200 Å². The standard InChI is InChI=1S/C57H33N3OS2/c1-3-12-34(13-4-1)35-24-26-37(27-25-35)56-58-55(36-14-5-2-6-15-36)59-57(60-56)44-19-9-20-47-52(44)45-32-38(29-31-46(45)61-47)40-17-10-22-49-53(40)54-41(18-11-23-50(54)63-49)39-28-30-43-42-16-7-8-21-48(42)62-51(43)33-39/h1-33H. The average molecular weight is 840 g/mol. The van der Waals surface area contributed by atoms with E-state index in [2.05, 4.69) is 152 Å². The van der Waals surface area contributed by atoms with Crippen molar-refractivity contribution in [2.45, 2.75) is 0 Å². The zero-order chi connectivity index (χ0) is 41.4. The summed E-state index contributed by atoms with van der Waals surface area (Å²) in [6.07, 6.45) is 0. The molecule has 0 atom stereocenters. The minimum atomic E-state index is 0.593. The number of thiophene rings is 2. The number of furan rings is 1. The molecule has 13 rings (SSSR count). The second-order valence-electron chi connectivity index (χ2n) is 15.9. The highest BCUT2D eigenvalue weighted by Gasteiger charge is 2.21. The number of hydrogen-bond acceptors (Lipinski definition) is 6. The Bertz CT molecular complexity index is 3900. The average Bonchev–Trinajstić information content (AvgIpc) is 4.05. The van der Waals surface area contributed by atoms with Gasteiger partial charge in [-0.05, 0) is 75.8 Å². The van der Waals surface area contributed by atoms with Crippen LogP contribution in [0.2, 0.25) is 0 Å². The van der Waals surface area contributed by atoms with Crippen LogP contribution in [0.5, 0.6) is 0 Å². The van der Waals surface area contributed by atoms with Crippen LogP contribution in [0.1, 0.15) is 0 Å². The second-order valence-corrected chi connectivity index (χ2v) is 18.0. The van der Waals surface area contributed by atoms with Crippen molar-refractivity contribution in [1.29, 1.82) is 0 Å². The van der Waals surface area contributed by atoms with E-state index in [1.807, 2.05) is 71.2 Å². The lowest BCUT2D eigenvalue weighted by Gasteiger charge is -2.10. The molecule has 0 spiro atoms. The van der Waals surface area contributed by atoms with Gasteiger partial charge in [-0.25, -0.2) is 15.0 Å². The van der Waals surface area contributed by atoms with Crippen molar-refractivity contribution in [2.24, 2.45) is 0 Å². The number of rotatable bonds is 6. The molecule has 4 nitrogen and oxygen atoms in total. The molecule has 0 bridgehead atoms. The van der Waals surface area contributed by atoms with Crippen LogP contribution in [-0.4, -0.2) is 15.0 Å². The van der Waals surface area contributed by atoms with Gasteiger partial charge < -0.3 is 4.42 Å². The topological polar surface area (TPSA) is 51.8 Å². The third-order valence-electron chi connectivity index (χ3n) is 12.2. The van der Waals surface area contributed by atoms with Crippen LogP contribution in [0.3, 0.4) is 0 Å². The number of nitrogens with zero attached hydrogens (tertiary/aromatic N) is 3. The minimum Gasteiger partial charge on any atom is -0.456 e. The summed E-state index contributed by atoms with van der Waals surface area (Å²) in [5.74, 6) is 1.82. The fourth-order valence-electron chi connectivity index (χ4n) is 9.21. The molecule has 294 valence electrons. The number of aromatic nitrogens is 3. The van der Waals surface area contributed by atoms with Crippen molar-refractivity contribution < 1.29 is 4.42 Å². The van der Waals surface area contributed by atoms with Crippen molar-refractivity contribution in [2.75, 3.05) is 0 Å². The molecule has 0 aliphatic heterocycles. The fraction of sp³-hybridized carbons (Fsp3) is 0. The lowest BCUT2D eigenvalue weighted by Crippen LogP contribution is -2.00. The fourth-order valence-corrected chi connectivity index (χ4v) is 11.5. The molecule has 0 amide bonds. The smallest absolute Gasteiger partial charge is 0.164 e. The maximum absolute atomic E-state index is 6.60. The molecule has 0 radical (unpaired) electrons. The summed E-state index contributed by atoms with van der Waals surface area (Å²) in [5, 5.41) is 7.17. The van der Waals surface area contributed by atoms with Gasteiger partial charge in [0.25, 0.3) is 0 Å². The van der Waals surface area contributed by atoms with Crippen LogP contribution < -0.4 is 0 Å². The Hall–Kier alpha value is -7.77. The molecule has 0 N–H and O–H groups in total. The SMILES string of the molecule is c1ccc(-c2ccc(-c3nc(-c4ccccc4)nc(-c4cccc5oc6ccc(-c7cccc8sc9cccc(-c%10ccc%11c(c%10)sc%10ccccc%10%11)c9c78)cc6c45)n3)cc2)cc1. The molecular formula is C57H33N3OS2. The van der Waals surface area contributed by atoms with E-state index in [1.54, 1.807) is 0 Å². The van der Waals surface area contributed by atoms with Crippen molar-refractivity contribution in [1.82, 2.24) is 15.0 Å². The van der Waals surface area contributed by atoms with E-state index in [9.17, 15) is 0 Å². The maximum atomic E-state index is 6.60. The van der Waals surface area contributed by atoms with Crippen LogP contribution >= 0.6 is 22.7 Å². The van der Waals surface area contributed by atoms with E-state index in [0.717, 1.165) is 55.3 Å². The molecule has 0 unspecified atom stereocenters. The Morgan fingerprint density at radius 1 is 0.286 bits per heavy atom. The second kappa shape index (κ2) is 14.4. The van der Waals surface area contributed by atoms with Crippen LogP contribution in [0.25, 0.3) is 130 Å². The van der Waals surface area contributed by atoms with Crippen LogP contribution in [0, 0.1) is 0 Å². The molecule has 4 aromatic heterocycles. The van der Waals surface area contributed by atoms with Gasteiger partial charge in [-0.3, -0.25) is 0 Å². The summed E-state index contributed by atoms with van der Waals surface area (Å²) in [7, 11) is 0. The Morgan fingerprint density at radius 2 is 0.794 bits per heavy atom. The Morgan fingerprint density at radius 3 is 1.54 bits per heavy atom. The van der Waals surface area contributed by atoms with E-state index in [0.29, 0.717) is 17.5 Å². The first kappa shape index (κ1) is 35.9. The lowest BCUT2D eigenvalue weighted by molar-refractivity contribution is 0.669. The molecule has 6 heteroatoms. The van der Waals surface area contributed by atoms with Gasteiger partial charge >= 0.3 is 0 Å². The first-order valence-corrected chi connectivity index (χ1v) is 22.6. The first-order chi connectivity index (χ1) is 31.2. The van der Waals surface area contributed by atoms with E-state index in [4.69, 9.17) is 19.4 Å². The summed E-state index contributed by atoms with van der Waals surface area (Å²) >= 11 is 3.72. The molecule has 0 aliphatic rings. The maximum Gasteiger partial charge on any atom is 0.164 e. The highest BCUT2D eigenvalue weighted by atomic mass is 32.1. The predicted octanol–water partition coefficient (Wildman–Crippen LogP) is 16.5. The summed E-state index contributed by atoms with van der Waals surface area (Å²) in [4.78, 5) is 15.4. The zero-order valence-corrected chi connectivity index (χ0v) is 35.3. The summed E-state index contributed by atoms with van der Waals surface area (Å²) in [6, 6.07) is 70.9. The van der Waals surface area contributed by atoms with Crippen LogP contribution in [-0.2, 0) is 0 Å². The van der Waals surface area contributed by atoms with Crippen molar-refractivity contribution >= 4 is 85.0 Å². The quantitative estimate of drug-likeness (QED) is 0.167. The highest BCUT2D eigenvalue weighted by Crippen LogP contribution is 2.47. The number of benzene rings is 9. The minimum absolute atomic E-state index is 0.593. The van der Waals surface area contributed by atoms with Gasteiger partial charge in [0.15, 0.2) is 17.5 Å². The molecule has 0 saturated carbocycles. The highest BCUT2D eigenvalue weighted by molar-refractivity contribution is 7.26. The van der Waals surface area contributed by atoms with E-state index in [-0.39, 0.29) is 0 Å². The number of fused-ring (bicyclic) bond motifs is 9. The summed E-state index contributed by atoms with van der Waals surface area (Å²) < 4.78 is 11.8. The Balaban J connectivity index is 0.977. The van der Waals surface area contributed by atoms with Crippen molar-refractivity contribution in [3.63, 3.8) is 0 Å². The Kier molecular flexibility index (Phi) is 8.22. The van der Waals surface area contributed by atoms with Gasteiger partial charge in [-0.15, -0.1) is 22.7 Å². The van der Waals surface area contributed by atoms with Gasteiger partial charge in [0.2, 0.25) is 0 Å². The Labute approximate surface area is 370 Å². The van der Waals surface area contributed by atoms with Gasteiger partial charge in [-0.2, -0.15) is 0 Å². The molecule has 63 heavy (non-hydrogen) atoms. The van der Waals surface area contributed by atoms with E-state index < -0.39 is 0 Å². The van der Waals surface area contributed by atoms with Gasteiger partial charge in [-0.1, -0.05) is 158 Å². The monoisotopic (exact) mass is 839 g/mol. The predicted molar refractivity (Wildman–Crippen MR) is 265 cm³/mol. The third kappa shape index (κ3) is 5.98. The zero-order valence-electron chi connectivity index (χ0n) is 33.6. The summed E-state index contributed by atoms with van der Waals surface area (Å²) in [6.45, 7) is 0. The lowest BCUT2D eigenvalue weighted by atomic mass is 9.93. The van der Waals surface area contributed by atoms with Crippen LogP contribution in [0.4, 0.5) is 0 Å². The number of hydrogen-bond donors (Lipinski definition) is 0. The van der Waals surface area contributed by atoms with E-state index in [1.165, 1.54) is 57.0 Å². The normalized spacial score (nSPS) is 11.8. The molecule has 4 heterocycles. The molecule has 0 saturated heterocycles. The largest absolute Gasteiger partial charge is 0.456 e. The molecular weight excluding hydrogens is 807 g/mol. The van der Waals surface area contributed by atoms with Gasteiger partial charge in [0, 0.05) is 67.8 Å². The molecule has 0 aliphatic carbocycles.